The van der Waals surface area contributed by atoms with Crippen LogP contribution in [-0.4, -0.2) is 23.9 Å². The Labute approximate surface area is 170 Å². The Morgan fingerprint density at radius 1 is 0.800 bits per heavy atom. The van der Waals surface area contributed by atoms with Gasteiger partial charge in [0.15, 0.2) is 0 Å². The second-order valence-corrected chi connectivity index (χ2v) is 8.54. The van der Waals surface area contributed by atoms with E-state index in [-0.39, 0.29) is 23.7 Å². The number of ether oxygens (including phenoxy) is 2. The summed E-state index contributed by atoms with van der Waals surface area (Å²) in [6, 6.07) is 0. The molecule has 0 aromatic carbocycles. The van der Waals surface area contributed by atoms with Crippen molar-refractivity contribution in [1.29, 1.82) is 0 Å². The highest BCUT2D eigenvalue weighted by Crippen LogP contribution is 2.60. The van der Waals surface area contributed by atoms with Gasteiger partial charge < -0.3 is 9.47 Å². The van der Waals surface area contributed by atoms with Crippen molar-refractivity contribution in [2.24, 2.45) is 29.6 Å². The van der Waals surface area contributed by atoms with Gasteiger partial charge in [0, 0.05) is 23.3 Å². The van der Waals surface area contributed by atoms with E-state index >= 15 is 0 Å². The van der Waals surface area contributed by atoms with Crippen molar-refractivity contribution in [3.05, 3.63) is 81.5 Å². The summed E-state index contributed by atoms with van der Waals surface area (Å²) in [6.45, 7) is 0. The number of allylic oxidation sites excluding steroid dienone is 8. The van der Waals surface area contributed by atoms with Gasteiger partial charge in [-0.2, -0.15) is 0 Å². The molecule has 0 amide bonds. The Balaban J connectivity index is 1.50. The molecular formula is C24H14O6. The zero-order valence-electron chi connectivity index (χ0n) is 15.6. The minimum absolute atomic E-state index is 0.000693. The number of carbonyl (C=O) groups excluding carboxylic acids is 4. The number of cyclic esters (lactones) is 4. The molecule has 0 spiro atoms. The monoisotopic (exact) mass is 398 g/mol. The molecule has 7 aliphatic rings. The van der Waals surface area contributed by atoms with E-state index in [1.807, 2.05) is 30.4 Å². The van der Waals surface area contributed by atoms with Gasteiger partial charge in [-0.3, -0.25) is 4.79 Å². The molecule has 1 fully saturated rings. The maximum absolute atomic E-state index is 12.4. The van der Waals surface area contributed by atoms with Crippen LogP contribution < -0.4 is 0 Å². The molecule has 0 aromatic heterocycles. The Morgan fingerprint density at radius 3 is 2.50 bits per heavy atom. The molecule has 7 rings (SSSR count). The first-order chi connectivity index (χ1) is 14.5. The zero-order valence-corrected chi connectivity index (χ0v) is 15.6. The fourth-order valence-electron chi connectivity index (χ4n) is 6.30. The number of carbonyl (C=O) groups is 4. The lowest BCUT2D eigenvalue weighted by Gasteiger charge is -2.51. The maximum Gasteiger partial charge on any atom is 0.346 e. The van der Waals surface area contributed by atoms with Gasteiger partial charge in [-0.25, -0.2) is 14.4 Å². The van der Waals surface area contributed by atoms with Gasteiger partial charge in [-0.15, -0.1) is 0 Å². The molecule has 1 saturated heterocycles. The third kappa shape index (κ3) is 1.72. The summed E-state index contributed by atoms with van der Waals surface area (Å²) in [7, 11) is 0. The van der Waals surface area contributed by atoms with Crippen LogP contribution in [0.3, 0.4) is 0 Å². The van der Waals surface area contributed by atoms with Gasteiger partial charge in [0.2, 0.25) is 0 Å². The summed E-state index contributed by atoms with van der Waals surface area (Å²) in [5, 5.41) is 0. The fraction of sp³-hybridized carbons (Fsp3) is 0.250. The van der Waals surface area contributed by atoms with Crippen molar-refractivity contribution >= 4 is 23.9 Å². The topological polar surface area (TPSA) is 86.7 Å². The Bertz CT molecular complexity index is 1260. The van der Waals surface area contributed by atoms with Crippen molar-refractivity contribution in [2.45, 2.75) is 6.42 Å². The second-order valence-electron chi connectivity index (χ2n) is 8.54. The van der Waals surface area contributed by atoms with Crippen LogP contribution in [0.1, 0.15) is 6.42 Å². The zero-order chi connectivity index (χ0) is 20.3. The predicted molar refractivity (Wildman–Crippen MR) is 101 cm³/mol. The van der Waals surface area contributed by atoms with E-state index in [2.05, 4.69) is 0 Å². The van der Waals surface area contributed by atoms with Gasteiger partial charge >= 0.3 is 23.9 Å². The fourth-order valence-corrected chi connectivity index (χ4v) is 6.30. The van der Waals surface area contributed by atoms with Gasteiger partial charge in [0.1, 0.15) is 0 Å². The molecule has 30 heavy (non-hydrogen) atoms. The van der Waals surface area contributed by atoms with Crippen molar-refractivity contribution < 1.29 is 28.7 Å². The Morgan fingerprint density at radius 2 is 1.63 bits per heavy atom. The van der Waals surface area contributed by atoms with E-state index in [0.717, 1.165) is 22.3 Å². The molecule has 0 N–H and O–H groups in total. The van der Waals surface area contributed by atoms with Crippen LogP contribution >= 0.6 is 0 Å². The molecule has 0 aromatic rings. The first-order valence-electron chi connectivity index (χ1n) is 10.0. The molecule has 5 unspecified atom stereocenters. The molecule has 0 bridgehead atoms. The SMILES string of the molecule is O=C1OC(=O)C2=C3C1=CC=C1C4=C5C(C=CC6C(=O)OC(=O)C(=CC4)C56)C(C=C2)C13. The highest BCUT2D eigenvalue weighted by atomic mass is 16.6. The first kappa shape index (κ1) is 16.3. The lowest BCUT2D eigenvalue weighted by molar-refractivity contribution is -0.164. The van der Waals surface area contributed by atoms with E-state index < -0.39 is 29.8 Å². The van der Waals surface area contributed by atoms with E-state index in [0.29, 0.717) is 23.1 Å². The van der Waals surface area contributed by atoms with Crippen molar-refractivity contribution in [3.63, 3.8) is 0 Å². The minimum Gasteiger partial charge on any atom is -0.389 e. The van der Waals surface area contributed by atoms with Gasteiger partial charge in [0.25, 0.3) is 0 Å². The summed E-state index contributed by atoms with van der Waals surface area (Å²) in [6.07, 6.45) is 13.8. The first-order valence-corrected chi connectivity index (χ1v) is 10.0. The lowest BCUT2D eigenvalue weighted by atomic mass is 9.52. The molecule has 0 saturated carbocycles. The lowest BCUT2D eigenvalue weighted by Crippen LogP contribution is -2.47. The summed E-state index contributed by atoms with van der Waals surface area (Å²) in [5.74, 6) is -3.17. The van der Waals surface area contributed by atoms with E-state index in [1.165, 1.54) is 0 Å². The van der Waals surface area contributed by atoms with Crippen LogP contribution in [0.4, 0.5) is 0 Å². The molecule has 2 aliphatic heterocycles. The molecule has 0 radical (unpaired) electrons. The van der Waals surface area contributed by atoms with Crippen molar-refractivity contribution in [1.82, 2.24) is 0 Å². The van der Waals surface area contributed by atoms with Crippen molar-refractivity contribution in [2.75, 3.05) is 0 Å². The molecule has 6 heteroatoms. The third-order valence-corrected chi connectivity index (χ3v) is 7.40. The normalized spacial score (nSPS) is 37.1. The third-order valence-electron chi connectivity index (χ3n) is 7.40. The van der Waals surface area contributed by atoms with E-state index in [4.69, 9.17) is 9.47 Å². The van der Waals surface area contributed by atoms with Crippen molar-refractivity contribution in [3.8, 4) is 0 Å². The van der Waals surface area contributed by atoms with Gasteiger partial charge in [0.05, 0.1) is 17.1 Å². The molecule has 5 aliphatic carbocycles. The molecule has 146 valence electrons. The van der Waals surface area contributed by atoms with Crippen LogP contribution in [-0.2, 0) is 28.7 Å². The summed E-state index contributed by atoms with van der Waals surface area (Å²) < 4.78 is 9.89. The highest BCUT2D eigenvalue weighted by Gasteiger charge is 2.55. The quantitative estimate of drug-likeness (QED) is 0.353. The van der Waals surface area contributed by atoms with Crippen LogP contribution in [0, 0.1) is 29.6 Å². The highest BCUT2D eigenvalue weighted by molar-refractivity contribution is 6.12. The number of fused-ring (bicyclic) bond motifs is 2. The standard InChI is InChI=1S/C24H14O6/c25-21-13-5-1-9-10-2-6-15-20-16(24(28)30-23(15)27)8-4-12(18(10)20)11-3-7-14(22(26)29-21)19(13)17(9)11/h1-3,5-10,15,17,20H,4H2. The summed E-state index contributed by atoms with van der Waals surface area (Å²) in [5.41, 5.74) is 5.47. The number of hydrogen-bond donors (Lipinski definition) is 0. The van der Waals surface area contributed by atoms with Crippen LogP contribution in [0.2, 0.25) is 0 Å². The average molecular weight is 398 g/mol. The van der Waals surface area contributed by atoms with Gasteiger partial charge in [-0.05, 0) is 40.7 Å². The smallest absolute Gasteiger partial charge is 0.346 e. The molecule has 6 nitrogen and oxygen atoms in total. The molecular weight excluding hydrogens is 384 g/mol. The van der Waals surface area contributed by atoms with E-state index in [9.17, 15) is 19.2 Å². The van der Waals surface area contributed by atoms with E-state index in [1.54, 1.807) is 12.2 Å². The van der Waals surface area contributed by atoms with Crippen LogP contribution in [0.15, 0.2) is 81.5 Å². The predicted octanol–water partition coefficient (Wildman–Crippen LogP) is 2.18. The average Bonchev–Trinajstić information content (AvgIpc) is 2.74. The Kier molecular flexibility index (Phi) is 2.79. The largest absolute Gasteiger partial charge is 0.389 e. The molecule has 2 heterocycles. The van der Waals surface area contributed by atoms with Crippen LogP contribution in [0.25, 0.3) is 0 Å². The molecule has 5 atom stereocenters. The second kappa shape index (κ2) is 5.14. The summed E-state index contributed by atoms with van der Waals surface area (Å²) in [4.78, 5) is 49.5. The Hall–Kier alpha value is -3.54. The van der Waals surface area contributed by atoms with Crippen LogP contribution in [0.5, 0.6) is 0 Å². The number of esters is 4. The maximum atomic E-state index is 12.4. The summed E-state index contributed by atoms with van der Waals surface area (Å²) >= 11 is 0. The number of hydrogen-bond acceptors (Lipinski definition) is 6. The number of rotatable bonds is 0. The minimum atomic E-state index is -0.603. The van der Waals surface area contributed by atoms with Gasteiger partial charge in [-0.1, -0.05) is 36.5 Å².